The van der Waals surface area contributed by atoms with Gasteiger partial charge in [0.05, 0.1) is 21.5 Å². The molecule has 1 aliphatic carbocycles. The Hall–Kier alpha value is -5.83. The van der Waals surface area contributed by atoms with Crippen molar-refractivity contribution in [1.82, 2.24) is 0 Å². The third-order valence-corrected chi connectivity index (χ3v) is 6.79. The predicted molar refractivity (Wildman–Crippen MR) is 153 cm³/mol. The minimum Gasteiger partial charge on any atom is -0.508 e. The summed E-state index contributed by atoms with van der Waals surface area (Å²) >= 11 is 0. The number of phenols is 2. The van der Waals surface area contributed by atoms with E-state index in [2.05, 4.69) is 0 Å². The molecule has 5 aromatic rings. The van der Waals surface area contributed by atoms with Gasteiger partial charge in [-0.2, -0.15) is 0 Å². The van der Waals surface area contributed by atoms with Gasteiger partial charge in [-0.1, -0.05) is 42.5 Å². The van der Waals surface area contributed by atoms with Gasteiger partial charge in [0.1, 0.15) is 11.5 Å². The molecule has 0 spiro atoms. The Kier molecular flexibility index (Phi) is 7.25. The Morgan fingerprint density at radius 3 is 1.71 bits per heavy atom. The van der Waals surface area contributed by atoms with E-state index in [1.54, 1.807) is 24.3 Å². The molecule has 0 aliphatic heterocycles. The molecule has 41 heavy (non-hydrogen) atoms. The SMILES string of the molecule is O=C(c1ccc(O)cc1)c1ccc(O)cc1.O=[N+]([O-])c1ccc(-c2cccc3c2Cc2ccccc2-3)c([N+](=O)[O-])c1. The van der Waals surface area contributed by atoms with Crippen LogP contribution < -0.4 is 0 Å². The molecule has 0 atom stereocenters. The zero-order valence-electron chi connectivity index (χ0n) is 21.4. The minimum absolute atomic E-state index is 0.127. The molecule has 0 fully saturated rings. The van der Waals surface area contributed by atoms with E-state index in [0.29, 0.717) is 23.1 Å². The maximum Gasteiger partial charge on any atom is 0.284 e. The monoisotopic (exact) mass is 546 g/mol. The summed E-state index contributed by atoms with van der Waals surface area (Å²) in [4.78, 5) is 33.1. The van der Waals surface area contributed by atoms with Crippen molar-refractivity contribution >= 4 is 17.2 Å². The largest absolute Gasteiger partial charge is 0.508 e. The highest BCUT2D eigenvalue weighted by atomic mass is 16.6. The van der Waals surface area contributed by atoms with Gasteiger partial charge in [-0.05, 0) is 88.8 Å². The lowest BCUT2D eigenvalue weighted by Gasteiger charge is -2.09. The quantitative estimate of drug-likeness (QED) is 0.134. The Morgan fingerprint density at radius 2 is 1.15 bits per heavy atom. The van der Waals surface area contributed by atoms with E-state index < -0.39 is 9.85 Å². The molecule has 1 aliphatic rings. The lowest BCUT2D eigenvalue weighted by Crippen LogP contribution is -2.00. The number of aromatic hydroxyl groups is 2. The second kappa shape index (κ2) is 11.1. The highest BCUT2D eigenvalue weighted by molar-refractivity contribution is 6.09. The number of ketones is 1. The van der Waals surface area contributed by atoms with Crippen molar-refractivity contribution in [2.45, 2.75) is 6.42 Å². The molecule has 0 heterocycles. The first-order chi connectivity index (χ1) is 19.7. The second-order valence-corrected chi connectivity index (χ2v) is 9.30. The molecule has 0 radical (unpaired) electrons. The van der Waals surface area contributed by atoms with Gasteiger partial charge in [-0.25, -0.2) is 0 Å². The third kappa shape index (κ3) is 5.50. The van der Waals surface area contributed by atoms with Crippen LogP contribution in [0.3, 0.4) is 0 Å². The van der Waals surface area contributed by atoms with Gasteiger partial charge in [0.2, 0.25) is 0 Å². The average molecular weight is 547 g/mol. The zero-order valence-corrected chi connectivity index (χ0v) is 21.4. The molecule has 0 amide bonds. The Bertz CT molecular complexity index is 1750. The third-order valence-electron chi connectivity index (χ3n) is 6.79. The summed E-state index contributed by atoms with van der Waals surface area (Å²) in [5.41, 5.74) is 5.99. The molecule has 0 aromatic heterocycles. The normalized spacial score (nSPS) is 11.0. The molecule has 2 N–H and O–H groups in total. The number of nitro groups is 2. The second-order valence-electron chi connectivity index (χ2n) is 9.30. The van der Waals surface area contributed by atoms with Crippen molar-refractivity contribution in [3.8, 4) is 33.8 Å². The number of nitrogens with zero attached hydrogens (tertiary/aromatic N) is 2. The number of carbonyl (C=O) groups is 1. The van der Waals surface area contributed by atoms with E-state index in [-0.39, 0.29) is 28.7 Å². The van der Waals surface area contributed by atoms with Gasteiger partial charge in [0.25, 0.3) is 11.4 Å². The van der Waals surface area contributed by atoms with Gasteiger partial charge in [0, 0.05) is 17.2 Å². The molecule has 0 bridgehead atoms. The summed E-state index contributed by atoms with van der Waals surface area (Å²) in [5.74, 6) is 0.115. The van der Waals surface area contributed by atoms with E-state index in [0.717, 1.165) is 28.3 Å². The number of phenolic OH excluding ortho intramolecular Hbond substituents is 2. The lowest BCUT2D eigenvalue weighted by atomic mass is 9.94. The number of rotatable bonds is 5. The maximum atomic E-state index is 11.9. The van der Waals surface area contributed by atoms with Crippen LogP contribution in [-0.4, -0.2) is 25.8 Å². The number of hydrogen-bond acceptors (Lipinski definition) is 7. The Balaban J connectivity index is 0.000000182. The van der Waals surface area contributed by atoms with Gasteiger partial charge in [-0.15, -0.1) is 0 Å². The number of non-ortho nitro benzene ring substituents is 1. The molecule has 0 saturated carbocycles. The number of benzene rings is 5. The molecular weight excluding hydrogens is 524 g/mol. The molecule has 0 unspecified atom stereocenters. The van der Waals surface area contributed by atoms with E-state index in [9.17, 15) is 25.0 Å². The molecular formula is C32H22N2O7. The number of fused-ring (bicyclic) bond motifs is 3. The van der Waals surface area contributed by atoms with Gasteiger partial charge < -0.3 is 10.2 Å². The first-order valence-corrected chi connectivity index (χ1v) is 12.5. The van der Waals surface area contributed by atoms with Crippen LogP contribution in [0.1, 0.15) is 27.0 Å². The maximum absolute atomic E-state index is 11.9. The average Bonchev–Trinajstić information content (AvgIpc) is 3.36. The Morgan fingerprint density at radius 1 is 0.610 bits per heavy atom. The highest BCUT2D eigenvalue weighted by Crippen LogP contribution is 2.44. The summed E-state index contributed by atoms with van der Waals surface area (Å²) in [6.07, 6.45) is 0.690. The molecule has 202 valence electrons. The van der Waals surface area contributed by atoms with Gasteiger partial charge in [-0.3, -0.25) is 25.0 Å². The molecule has 6 rings (SSSR count). The summed E-state index contributed by atoms with van der Waals surface area (Å²) in [5, 5.41) is 40.6. The van der Waals surface area contributed by atoms with Crippen LogP contribution in [0.15, 0.2) is 109 Å². The standard InChI is InChI=1S/C19H12N2O4.C13H10O3/c22-20(23)13-8-9-17(19(11-13)21(24)25)16-7-3-6-15-14-5-2-1-4-12(14)10-18(15)16;14-11-5-1-9(2-6-11)13(16)10-3-7-12(15)8-4-10/h1-9,11H,10H2;1-8,14-15H. The highest BCUT2D eigenvalue weighted by Gasteiger charge is 2.26. The molecule has 9 nitrogen and oxygen atoms in total. The van der Waals surface area contributed by atoms with Crippen molar-refractivity contribution < 1.29 is 24.9 Å². The van der Waals surface area contributed by atoms with Crippen LogP contribution in [0.5, 0.6) is 11.5 Å². The number of carbonyl (C=O) groups excluding carboxylic acids is 1. The Labute approximate surface area is 233 Å². The van der Waals surface area contributed by atoms with Crippen LogP contribution in [0.25, 0.3) is 22.3 Å². The van der Waals surface area contributed by atoms with E-state index in [4.69, 9.17) is 10.2 Å². The molecule has 9 heteroatoms. The van der Waals surface area contributed by atoms with Crippen molar-refractivity contribution in [3.05, 3.63) is 152 Å². The van der Waals surface area contributed by atoms with Gasteiger partial charge >= 0.3 is 0 Å². The smallest absolute Gasteiger partial charge is 0.284 e. The molecule has 5 aromatic carbocycles. The van der Waals surface area contributed by atoms with Crippen molar-refractivity contribution in [3.63, 3.8) is 0 Å². The van der Waals surface area contributed by atoms with Gasteiger partial charge in [0.15, 0.2) is 5.78 Å². The fourth-order valence-corrected chi connectivity index (χ4v) is 4.81. The summed E-state index contributed by atoms with van der Waals surface area (Å²) in [6.45, 7) is 0. The number of nitro benzene ring substituents is 2. The van der Waals surface area contributed by atoms with E-state index in [1.165, 1.54) is 42.0 Å². The fraction of sp³-hybridized carbons (Fsp3) is 0.0312. The number of hydrogen-bond donors (Lipinski definition) is 2. The minimum atomic E-state index is -0.623. The van der Waals surface area contributed by atoms with Crippen molar-refractivity contribution in [2.24, 2.45) is 0 Å². The van der Waals surface area contributed by atoms with Crippen LogP contribution in [0.4, 0.5) is 11.4 Å². The van der Waals surface area contributed by atoms with E-state index >= 15 is 0 Å². The summed E-state index contributed by atoms with van der Waals surface area (Å²) in [7, 11) is 0. The fourth-order valence-electron chi connectivity index (χ4n) is 4.81. The summed E-state index contributed by atoms with van der Waals surface area (Å²) < 4.78 is 0. The first-order valence-electron chi connectivity index (χ1n) is 12.5. The summed E-state index contributed by atoms with van der Waals surface area (Å²) in [6, 6.07) is 29.6. The van der Waals surface area contributed by atoms with Crippen molar-refractivity contribution in [1.29, 1.82) is 0 Å². The van der Waals surface area contributed by atoms with Crippen LogP contribution >= 0.6 is 0 Å². The molecule has 0 saturated heterocycles. The van der Waals surface area contributed by atoms with Crippen LogP contribution in [0.2, 0.25) is 0 Å². The van der Waals surface area contributed by atoms with Crippen LogP contribution in [-0.2, 0) is 6.42 Å². The van der Waals surface area contributed by atoms with Crippen molar-refractivity contribution in [2.75, 3.05) is 0 Å². The topological polar surface area (TPSA) is 144 Å². The lowest BCUT2D eigenvalue weighted by molar-refractivity contribution is -0.393. The zero-order chi connectivity index (χ0) is 29.1. The predicted octanol–water partition coefficient (Wildman–Crippen LogP) is 7.07. The van der Waals surface area contributed by atoms with Crippen LogP contribution in [0, 0.1) is 20.2 Å². The first kappa shape index (κ1) is 26.8. The van der Waals surface area contributed by atoms with E-state index in [1.807, 2.05) is 42.5 Å².